The predicted molar refractivity (Wildman–Crippen MR) is 78.0 cm³/mol. The van der Waals surface area contributed by atoms with Crippen molar-refractivity contribution in [2.24, 2.45) is 10.9 Å². The molecule has 1 atom stereocenters. The predicted octanol–water partition coefficient (Wildman–Crippen LogP) is 2.40. The molecule has 2 rings (SSSR count). The first-order valence-corrected chi connectivity index (χ1v) is 6.30. The van der Waals surface area contributed by atoms with E-state index in [0.717, 1.165) is 5.56 Å². The number of rotatable bonds is 4. The van der Waals surface area contributed by atoms with Crippen LogP contribution in [0.3, 0.4) is 0 Å². The monoisotopic (exact) mass is 291 g/mol. The van der Waals surface area contributed by atoms with Gasteiger partial charge in [-0.15, -0.1) is 0 Å². The highest BCUT2D eigenvalue weighted by Gasteiger charge is 2.07. The van der Waals surface area contributed by atoms with Crippen LogP contribution in [0.25, 0.3) is 0 Å². The molecule has 0 fully saturated rings. The molecule has 0 amide bonds. The Kier molecular flexibility index (Phi) is 4.37. The number of oxime groups is 1. The Morgan fingerprint density at radius 2 is 2.05 bits per heavy atom. The molecule has 0 saturated heterocycles. The van der Waals surface area contributed by atoms with Gasteiger partial charge in [0.1, 0.15) is 17.3 Å². The van der Waals surface area contributed by atoms with Crippen molar-refractivity contribution in [2.45, 2.75) is 13.0 Å². The Hall–Kier alpha value is -2.34. The first-order valence-electron chi connectivity index (χ1n) is 5.92. The lowest BCUT2D eigenvalue weighted by molar-refractivity contribution is 0.318. The first-order chi connectivity index (χ1) is 9.60. The zero-order chi connectivity index (χ0) is 14.5. The molecule has 1 heterocycles. The van der Waals surface area contributed by atoms with E-state index in [1.54, 1.807) is 18.2 Å². The van der Waals surface area contributed by atoms with Gasteiger partial charge in [0.05, 0.1) is 0 Å². The summed E-state index contributed by atoms with van der Waals surface area (Å²) in [5.41, 5.74) is 7.21. The van der Waals surface area contributed by atoms with E-state index in [4.69, 9.17) is 22.5 Å². The second kappa shape index (κ2) is 6.21. The van der Waals surface area contributed by atoms with Gasteiger partial charge in [-0.2, -0.15) is 0 Å². The summed E-state index contributed by atoms with van der Waals surface area (Å²) in [5.74, 6) is 0.734. The van der Waals surface area contributed by atoms with Gasteiger partial charge in [0.2, 0.25) is 0 Å². The summed E-state index contributed by atoms with van der Waals surface area (Å²) in [4.78, 5) is 7.91. The number of amidine groups is 1. The van der Waals surface area contributed by atoms with Gasteiger partial charge in [0, 0.05) is 17.7 Å². The second-order valence-corrected chi connectivity index (χ2v) is 4.59. The molecule has 0 bridgehead atoms. The van der Waals surface area contributed by atoms with Crippen LogP contribution in [0.4, 0.5) is 5.82 Å². The van der Waals surface area contributed by atoms with Gasteiger partial charge in [-0.3, -0.25) is 0 Å². The molecule has 0 aliphatic rings. The highest BCUT2D eigenvalue weighted by molar-refractivity contribution is 6.29. The SMILES string of the molecule is CC(Nc1cc(Cl)ncn1)c1ccc(/C(N)=N/O)cc1. The van der Waals surface area contributed by atoms with Crippen molar-refractivity contribution in [3.8, 4) is 0 Å². The summed E-state index contributed by atoms with van der Waals surface area (Å²) in [6.45, 7) is 1.99. The van der Waals surface area contributed by atoms with E-state index in [0.29, 0.717) is 16.5 Å². The molecule has 0 aliphatic carbocycles. The largest absolute Gasteiger partial charge is 0.409 e. The number of nitrogens with zero attached hydrogens (tertiary/aromatic N) is 3. The highest BCUT2D eigenvalue weighted by Crippen LogP contribution is 2.19. The van der Waals surface area contributed by atoms with Gasteiger partial charge >= 0.3 is 0 Å². The molecule has 0 aliphatic heterocycles. The quantitative estimate of drug-likeness (QED) is 0.264. The van der Waals surface area contributed by atoms with Gasteiger partial charge in [0.15, 0.2) is 5.84 Å². The normalized spacial score (nSPS) is 13.0. The van der Waals surface area contributed by atoms with Crippen LogP contribution in [0.5, 0.6) is 0 Å². The van der Waals surface area contributed by atoms with Crippen LogP contribution in [-0.2, 0) is 0 Å². The Bertz CT molecular complexity index is 614. The number of nitrogens with one attached hydrogen (secondary N) is 1. The Morgan fingerprint density at radius 1 is 1.35 bits per heavy atom. The zero-order valence-electron chi connectivity index (χ0n) is 10.8. The van der Waals surface area contributed by atoms with Crippen LogP contribution in [0.2, 0.25) is 5.15 Å². The van der Waals surface area contributed by atoms with Crippen LogP contribution >= 0.6 is 11.6 Å². The van der Waals surface area contributed by atoms with Crippen LogP contribution in [0.15, 0.2) is 41.8 Å². The van der Waals surface area contributed by atoms with E-state index < -0.39 is 0 Å². The lowest BCUT2D eigenvalue weighted by Gasteiger charge is -2.15. The van der Waals surface area contributed by atoms with Crippen LogP contribution < -0.4 is 11.1 Å². The summed E-state index contributed by atoms with van der Waals surface area (Å²) in [7, 11) is 0. The number of anilines is 1. The molecule has 6 nitrogen and oxygen atoms in total. The molecule has 0 spiro atoms. The van der Waals surface area contributed by atoms with Crippen molar-refractivity contribution < 1.29 is 5.21 Å². The topological polar surface area (TPSA) is 96.4 Å². The van der Waals surface area contributed by atoms with Gasteiger partial charge in [0.25, 0.3) is 0 Å². The fourth-order valence-corrected chi connectivity index (χ4v) is 1.86. The fourth-order valence-electron chi connectivity index (χ4n) is 1.72. The molecule has 104 valence electrons. The van der Waals surface area contributed by atoms with E-state index in [1.165, 1.54) is 6.33 Å². The number of hydrogen-bond donors (Lipinski definition) is 3. The maximum absolute atomic E-state index is 8.61. The van der Waals surface area contributed by atoms with Crippen LogP contribution in [-0.4, -0.2) is 21.0 Å². The van der Waals surface area contributed by atoms with Crippen molar-refractivity contribution in [3.63, 3.8) is 0 Å². The lowest BCUT2D eigenvalue weighted by atomic mass is 10.1. The van der Waals surface area contributed by atoms with E-state index in [2.05, 4.69) is 20.4 Å². The summed E-state index contributed by atoms with van der Waals surface area (Å²) in [6.07, 6.45) is 1.40. The highest BCUT2D eigenvalue weighted by atomic mass is 35.5. The van der Waals surface area contributed by atoms with E-state index in [1.807, 2.05) is 19.1 Å². The summed E-state index contributed by atoms with van der Waals surface area (Å²) in [6, 6.07) is 9.05. The molecular formula is C13H14ClN5O. The van der Waals surface area contributed by atoms with Crippen molar-refractivity contribution in [1.82, 2.24) is 9.97 Å². The molecule has 1 aromatic heterocycles. The number of aromatic nitrogens is 2. The second-order valence-electron chi connectivity index (χ2n) is 4.20. The maximum atomic E-state index is 8.61. The minimum atomic E-state index is 0.0299. The fraction of sp³-hybridized carbons (Fsp3) is 0.154. The number of halogens is 1. The number of hydrogen-bond acceptors (Lipinski definition) is 5. The van der Waals surface area contributed by atoms with E-state index in [-0.39, 0.29) is 11.9 Å². The molecule has 4 N–H and O–H groups in total. The molecule has 1 aromatic carbocycles. The molecule has 0 saturated carbocycles. The zero-order valence-corrected chi connectivity index (χ0v) is 11.5. The Balaban J connectivity index is 2.11. The van der Waals surface area contributed by atoms with Crippen molar-refractivity contribution >= 4 is 23.3 Å². The Morgan fingerprint density at radius 3 is 2.65 bits per heavy atom. The average Bonchev–Trinajstić information content (AvgIpc) is 2.46. The summed E-state index contributed by atoms with van der Waals surface area (Å²) >= 11 is 5.80. The van der Waals surface area contributed by atoms with Gasteiger partial charge in [-0.1, -0.05) is 41.0 Å². The van der Waals surface area contributed by atoms with Crippen molar-refractivity contribution in [2.75, 3.05) is 5.32 Å². The third-order valence-corrected chi connectivity index (χ3v) is 3.02. The smallest absolute Gasteiger partial charge is 0.170 e. The summed E-state index contributed by atoms with van der Waals surface area (Å²) < 4.78 is 0. The summed E-state index contributed by atoms with van der Waals surface area (Å²) in [5, 5.41) is 15.2. The molecule has 0 radical (unpaired) electrons. The molecule has 2 aromatic rings. The van der Waals surface area contributed by atoms with E-state index in [9.17, 15) is 0 Å². The van der Waals surface area contributed by atoms with Gasteiger partial charge in [-0.25, -0.2) is 9.97 Å². The molecule has 20 heavy (non-hydrogen) atoms. The molecule has 1 unspecified atom stereocenters. The average molecular weight is 292 g/mol. The third-order valence-electron chi connectivity index (χ3n) is 2.81. The Labute approximate surface area is 121 Å². The number of benzene rings is 1. The van der Waals surface area contributed by atoms with Crippen molar-refractivity contribution in [1.29, 1.82) is 0 Å². The minimum absolute atomic E-state index is 0.0299. The standard InChI is InChI=1S/C13H14ClN5O/c1-8(18-12-6-11(14)16-7-17-12)9-2-4-10(5-3-9)13(15)19-20/h2-8,20H,1H3,(H2,15,19)(H,16,17,18). The van der Waals surface area contributed by atoms with Crippen LogP contribution in [0.1, 0.15) is 24.1 Å². The maximum Gasteiger partial charge on any atom is 0.170 e. The minimum Gasteiger partial charge on any atom is -0.409 e. The van der Waals surface area contributed by atoms with E-state index >= 15 is 0 Å². The molecular weight excluding hydrogens is 278 g/mol. The van der Waals surface area contributed by atoms with Gasteiger partial charge < -0.3 is 16.3 Å². The van der Waals surface area contributed by atoms with Crippen LogP contribution in [0, 0.1) is 0 Å². The lowest BCUT2D eigenvalue weighted by Crippen LogP contribution is -2.13. The number of nitrogens with two attached hydrogens (primary N) is 1. The molecule has 7 heteroatoms. The van der Waals surface area contributed by atoms with Crippen molar-refractivity contribution in [3.05, 3.63) is 52.9 Å². The first kappa shape index (κ1) is 14.1. The third kappa shape index (κ3) is 3.36. The van der Waals surface area contributed by atoms with Gasteiger partial charge in [-0.05, 0) is 12.5 Å².